The maximum absolute atomic E-state index is 13.8. The van der Waals surface area contributed by atoms with Gasteiger partial charge >= 0.3 is 5.97 Å². The Morgan fingerprint density at radius 3 is 2.10 bits per heavy atom. The molecule has 1 saturated heterocycles. The van der Waals surface area contributed by atoms with Crippen LogP contribution in [0.5, 0.6) is 5.75 Å². The van der Waals surface area contributed by atoms with Crippen molar-refractivity contribution in [1.82, 2.24) is 20.2 Å². The summed E-state index contributed by atoms with van der Waals surface area (Å²) in [5, 5.41) is 12.6. The van der Waals surface area contributed by atoms with Crippen molar-refractivity contribution in [1.29, 1.82) is 0 Å². The van der Waals surface area contributed by atoms with Gasteiger partial charge in [0.25, 0.3) is 0 Å². The number of nitrogens with zero attached hydrogens (tertiary/aromatic N) is 3. The number of amides is 2. The molecule has 2 aliphatic rings. The van der Waals surface area contributed by atoms with Gasteiger partial charge in [-0.25, -0.2) is 9.97 Å². The molecule has 2 heterocycles. The first-order valence-electron chi connectivity index (χ1n) is 19.0. The second-order valence-electron chi connectivity index (χ2n) is 15.6. The van der Waals surface area contributed by atoms with E-state index >= 15 is 0 Å². The van der Waals surface area contributed by atoms with Crippen molar-refractivity contribution in [2.24, 2.45) is 23.2 Å². The Morgan fingerprint density at radius 1 is 0.843 bits per heavy atom. The summed E-state index contributed by atoms with van der Waals surface area (Å²) in [5.74, 6) is 0.144. The predicted molar refractivity (Wildman–Crippen MR) is 200 cm³/mol. The van der Waals surface area contributed by atoms with Gasteiger partial charge in [-0.15, -0.1) is 0 Å². The number of likely N-dealkylation sites (tertiary alicyclic amines) is 1. The molecule has 274 valence electrons. The minimum atomic E-state index is -0.890. The molecule has 9 nitrogen and oxygen atoms in total. The van der Waals surface area contributed by atoms with Gasteiger partial charge in [-0.3, -0.25) is 14.4 Å². The molecule has 3 aromatic rings. The van der Waals surface area contributed by atoms with E-state index in [1.54, 1.807) is 4.90 Å². The highest BCUT2D eigenvalue weighted by molar-refractivity contribution is 5.89. The number of benzene rings is 2. The van der Waals surface area contributed by atoms with Gasteiger partial charge in [0.1, 0.15) is 11.8 Å². The zero-order chi connectivity index (χ0) is 36.4. The van der Waals surface area contributed by atoms with E-state index in [-0.39, 0.29) is 29.7 Å². The van der Waals surface area contributed by atoms with E-state index in [2.05, 4.69) is 43.0 Å². The Balaban J connectivity index is 1.20. The molecule has 2 amide bonds. The molecule has 2 fully saturated rings. The number of hydrogen-bond acceptors (Lipinski definition) is 6. The van der Waals surface area contributed by atoms with Crippen molar-refractivity contribution in [2.45, 2.75) is 104 Å². The second kappa shape index (κ2) is 17.8. The molecular formula is C42H56N4O5. The SMILES string of the molecule is CCCCCCCOc1ccc(-c2cnc(-c3ccc(C[C@H](NC(=O)[C@H]4CC[C@H](C(C)(C)C)CC4)C(=O)N4CC[C@H](C(=O)O)C4)cc3)nc2)cc1. The minimum Gasteiger partial charge on any atom is -0.494 e. The normalized spacial score (nSPS) is 19.8. The van der Waals surface area contributed by atoms with Crippen LogP contribution < -0.4 is 10.1 Å². The van der Waals surface area contributed by atoms with Gasteiger partial charge in [-0.2, -0.15) is 0 Å². The highest BCUT2D eigenvalue weighted by atomic mass is 16.5. The lowest BCUT2D eigenvalue weighted by Crippen LogP contribution is -2.51. The van der Waals surface area contributed by atoms with Gasteiger partial charge in [0, 0.05) is 48.9 Å². The van der Waals surface area contributed by atoms with Crippen LogP contribution in [0.3, 0.4) is 0 Å². The Kier molecular flexibility index (Phi) is 13.2. The fraction of sp³-hybridized carbons (Fsp3) is 0.548. The first-order chi connectivity index (χ1) is 24.5. The van der Waals surface area contributed by atoms with Crippen LogP contribution in [0.4, 0.5) is 0 Å². The van der Waals surface area contributed by atoms with Crippen molar-refractivity contribution in [3.05, 3.63) is 66.5 Å². The summed E-state index contributed by atoms with van der Waals surface area (Å²) in [7, 11) is 0. The largest absolute Gasteiger partial charge is 0.494 e. The van der Waals surface area contributed by atoms with E-state index < -0.39 is 17.9 Å². The molecule has 1 aromatic heterocycles. The predicted octanol–water partition coefficient (Wildman–Crippen LogP) is 7.97. The van der Waals surface area contributed by atoms with E-state index in [1.807, 2.05) is 60.9 Å². The number of ether oxygens (including phenoxy) is 1. The summed E-state index contributed by atoms with van der Waals surface area (Å²) < 4.78 is 5.90. The number of hydrogen-bond donors (Lipinski definition) is 2. The number of aliphatic carboxylic acids is 1. The number of carboxylic acid groups (broad SMARTS) is 1. The zero-order valence-corrected chi connectivity index (χ0v) is 30.9. The van der Waals surface area contributed by atoms with E-state index in [0.29, 0.717) is 31.1 Å². The topological polar surface area (TPSA) is 122 Å². The average Bonchev–Trinajstić information content (AvgIpc) is 3.64. The minimum absolute atomic E-state index is 0.0835. The molecule has 1 saturated carbocycles. The van der Waals surface area contributed by atoms with Crippen LogP contribution >= 0.6 is 0 Å². The van der Waals surface area contributed by atoms with Crippen LogP contribution in [-0.2, 0) is 20.8 Å². The van der Waals surface area contributed by atoms with Crippen molar-refractivity contribution < 1.29 is 24.2 Å². The molecule has 0 bridgehead atoms. The summed E-state index contributed by atoms with van der Waals surface area (Å²) in [4.78, 5) is 49.7. The molecule has 0 radical (unpaired) electrons. The molecule has 1 aliphatic carbocycles. The molecular weight excluding hydrogens is 640 g/mol. The number of rotatable bonds is 15. The fourth-order valence-electron chi connectivity index (χ4n) is 7.38. The van der Waals surface area contributed by atoms with Crippen LogP contribution in [-0.4, -0.2) is 63.5 Å². The maximum atomic E-state index is 13.8. The molecule has 5 rings (SSSR count). The second-order valence-corrected chi connectivity index (χ2v) is 15.6. The first-order valence-corrected chi connectivity index (χ1v) is 19.0. The average molecular weight is 697 g/mol. The summed E-state index contributed by atoms with van der Waals surface area (Å²) in [5.41, 5.74) is 3.88. The third-order valence-corrected chi connectivity index (χ3v) is 10.8. The van der Waals surface area contributed by atoms with E-state index in [1.165, 1.54) is 25.7 Å². The summed E-state index contributed by atoms with van der Waals surface area (Å²) in [6, 6.07) is 15.0. The Bertz CT molecular complexity index is 1580. The summed E-state index contributed by atoms with van der Waals surface area (Å²) in [6.45, 7) is 10.3. The zero-order valence-electron chi connectivity index (χ0n) is 30.9. The lowest BCUT2D eigenvalue weighted by atomic mass is 9.69. The smallest absolute Gasteiger partial charge is 0.308 e. The summed E-state index contributed by atoms with van der Waals surface area (Å²) >= 11 is 0. The molecule has 51 heavy (non-hydrogen) atoms. The monoisotopic (exact) mass is 696 g/mol. The third kappa shape index (κ3) is 10.6. The van der Waals surface area contributed by atoms with E-state index in [4.69, 9.17) is 4.74 Å². The van der Waals surface area contributed by atoms with Gasteiger partial charge in [0.2, 0.25) is 11.8 Å². The van der Waals surface area contributed by atoms with Crippen molar-refractivity contribution in [3.63, 3.8) is 0 Å². The van der Waals surface area contributed by atoms with Gasteiger partial charge in [-0.05, 0) is 73.1 Å². The van der Waals surface area contributed by atoms with Gasteiger partial charge < -0.3 is 20.1 Å². The third-order valence-electron chi connectivity index (χ3n) is 10.8. The highest BCUT2D eigenvalue weighted by Crippen LogP contribution is 2.40. The van der Waals surface area contributed by atoms with Crippen LogP contribution in [0.2, 0.25) is 0 Å². The van der Waals surface area contributed by atoms with Crippen molar-refractivity contribution in [3.8, 4) is 28.3 Å². The lowest BCUT2D eigenvalue weighted by Gasteiger charge is -2.37. The quantitative estimate of drug-likeness (QED) is 0.155. The number of unbranched alkanes of at least 4 members (excludes halogenated alkanes) is 4. The molecule has 2 aromatic carbocycles. The number of carbonyl (C=O) groups excluding carboxylic acids is 2. The van der Waals surface area contributed by atoms with Crippen LogP contribution in [0.15, 0.2) is 60.9 Å². The van der Waals surface area contributed by atoms with Gasteiger partial charge in [-0.1, -0.05) is 89.8 Å². The van der Waals surface area contributed by atoms with Crippen molar-refractivity contribution in [2.75, 3.05) is 19.7 Å². The Labute approximate surface area is 303 Å². The van der Waals surface area contributed by atoms with Crippen LogP contribution in [0.25, 0.3) is 22.5 Å². The van der Waals surface area contributed by atoms with E-state index in [9.17, 15) is 19.5 Å². The molecule has 0 spiro atoms. The van der Waals surface area contributed by atoms with Crippen molar-refractivity contribution >= 4 is 17.8 Å². The first kappa shape index (κ1) is 38.0. The van der Waals surface area contributed by atoms with E-state index in [0.717, 1.165) is 66.7 Å². The standard InChI is InChI=1S/C42H56N4O5/c1-5-6-7-8-9-24-51-36-20-16-30(17-21-36)34-26-43-38(44-27-34)31-12-10-29(11-13-31)25-37(40(48)46-23-22-33(28-46)41(49)50)45-39(47)32-14-18-35(19-15-32)42(2,3)4/h10-13,16-17,20-21,26-27,32-33,35,37H,5-9,14-15,18-19,22-25,28H2,1-4H3,(H,45,47)(H,49,50)/t32-,33-,35-,37-/m0/s1. The summed E-state index contributed by atoms with van der Waals surface area (Å²) in [6.07, 6.45) is 14.0. The fourth-order valence-corrected chi connectivity index (χ4v) is 7.38. The van der Waals surface area contributed by atoms with Crippen LogP contribution in [0.1, 0.15) is 97.5 Å². The molecule has 1 aliphatic heterocycles. The number of nitrogens with one attached hydrogen (secondary N) is 1. The number of carbonyl (C=O) groups is 3. The van der Waals surface area contributed by atoms with Gasteiger partial charge in [0.15, 0.2) is 5.82 Å². The maximum Gasteiger partial charge on any atom is 0.308 e. The molecule has 0 unspecified atom stereocenters. The highest BCUT2D eigenvalue weighted by Gasteiger charge is 2.37. The number of carboxylic acids is 1. The van der Waals surface area contributed by atoms with Gasteiger partial charge in [0.05, 0.1) is 12.5 Å². The molecule has 2 N–H and O–H groups in total. The molecule has 9 heteroatoms. The number of aromatic nitrogens is 2. The lowest BCUT2D eigenvalue weighted by molar-refractivity contribution is -0.142. The Hall–Kier alpha value is -4.27. The Morgan fingerprint density at radius 2 is 1.49 bits per heavy atom. The van der Waals surface area contributed by atoms with Crippen LogP contribution in [0, 0.1) is 23.2 Å². The molecule has 2 atom stereocenters.